The molecule has 1 N–H and O–H groups in total. The predicted octanol–water partition coefficient (Wildman–Crippen LogP) is 2.49. The molecule has 23 heavy (non-hydrogen) atoms. The van der Waals surface area contributed by atoms with Crippen molar-refractivity contribution in [2.75, 3.05) is 7.11 Å². The molecule has 5 atom stereocenters. The second-order valence-corrected chi connectivity index (χ2v) is 6.03. The fourth-order valence-corrected chi connectivity index (χ4v) is 3.15. The Morgan fingerprint density at radius 1 is 1.30 bits per heavy atom. The quantitative estimate of drug-likeness (QED) is 0.874. The molecule has 0 spiro atoms. The van der Waals surface area contributed by atoms with Crippen molar-refractivity contribution in [3.05, 3.63) is 35.9 Å². The minimum atomic E-state index is -0.499. The van der Waals surface area contributed by atoms with Gasteiger partial charge in [-0.25, -0.2) is 0 Å². The molecular weight excluding hydrogens is 294 g/mol. The summed E-state index contributed by atoms with van der Waals surface area (Å²) in [7, 11) is 1.59. The number of hydrogen-bond donors (Lipinski definition) is 1. The maximum atomic E-state index is 11.6. The zero-order chi connectivity index (χ0) is 16.8. The van der Waals surface area contributed by atoms with Crippen LogP contribution in [0.1, 0.15) is 32.8 Å². The van der Waals surface area contributed by atoms with Crippen LogP contribution in [0.4, 0.5) is 0 Å². The molecule has 0 radical (unpaired) electrons. The molecule has 128 valence electrons. The first-order chi connectivity index (χ1) is 11.1. The molecule has 1 aliphatic heterocycles. The molecule has 1 aromatic carbocycles. The van der Waals surface area contributed by atoms with Gasteiger partial charge in [-0.3, -0.25) is 4.79 Å². The number of methoxy groups -OCH3 is 1. The van der Waals surface area contributed by atoms with Gasteiger partial charge < -0.3 is 19.5 Å². The Morgan fingerprint density at radius 2 is 2.00 bits per heavy atom. The fourth-order valence-electron chi connectivity index (χ4n) is 3.15. The summed E-state index contributed by atoms with van der Waals surface area (Å²) >= 11 is 0. The van der Waals surface area contributed by atoms with Gasteiger partial charge in [0.15, 0.2) is 6.29 Å². The standard InChI is InChI=1S/C18H27NO4/c1-5-15-12(2)17(22-11-14-9-7-6-8-10-14)16(19-13(3)20)18(21-4)23-15/h6-10,12,15-18H,5,11H2,1-4H3,(H,19,20)/t12-,15+,16+,17-,18+/m0/s1. The second kappa shape index (κ2) is 8.43. The van der Waals surface area contributed by atoms with Gasteiger partial charge in [0.1, 0.15) is 6.04 Å². The number of amides is 1. The van der Waals surface area contributed by atoms with Gasteiger partial charge in [-0.1, -0.05) is 44.2 Å². The predicted molar refractivity (Wildman–Crippen MR) is 87.7 cm³/mol. The Bertz CT molecular complexity index is 493. The van der Waals surface area contributed by atoms with E-state index in [0.717, 1.165) is 12.0 Å². The lowest BCUT2D eigenvalue weighted by molar-refractivity contribution is -0.249. The Balaban J connectivity index is 2.15. The molecule has 0 saturated carbocycles. The molecule has 1 aromatic rings. The van der Waals surface area contributed by atoms with Gasteiger partial charge in [0.25, 0.3) is 0 Å². The maximum absolute atomic E-state index is 11.6. The van der Waals surface area contributed by atoms with E-state index in [1.807, 2.05) is 30.3 Å². The summed E-state index contributed by atoms with van der Waals surface area (Å²) in [5.74, 6) is 0.0445. The van der Waals surface area contributed by atoms with Crippen LogP contribution in [-0.2, 0) is 25.6 Å². The minimum Gasteiger partial charge on any atom is -0.371 e. The van der Waals surface area contributed by atoms with E-state index in [1.54, 1.807) is 7.11 Å². The summed E-state index contributed by atoms with van der Waals surface area (Å²) < 4.78 is 17.6. The Morgan fingerprint density at radius 3 is 2.57 bits per heavy atom. The van der Waals surface area contributed by atoms with Crippen molar-refractivity contribution < 1.29 is 19.0 Å². The van der Waals surface area contributed by atoms with Crippen LogP contribution in [0.2, 0.25) is 0 Å². The maximum Gasteiger partial charge on any atom is 0.217 e. The van der Waals surface area contributed by atoms with Gasteiger partial charge in [-0.05, 0) is 12.0 Å². The third-order valence-corrected chi connectivity index (χ3v) is 4.35. The van der Waals surface area contributed by atoms with E-state index in [4.69, 9.17) is 14.2 Å². The molecule has 1 fully saturated rings. The third kappa shape index (κ3) is 4.53. The third-order valence-electron chi connectivity index (χ3n) is 4.35. The highest BCUT2D eigenvalue weighted by Gasteiger charge is 2.44. The van der Waals surface area contributed by atoms with Crippen molar-refractivity contribution in [1.29, 1.82) is 0 Å². The monoisotopic (exact) mass is 321 g/mol. The number of rotatable bonds is 6. The van der Waals surface area contributed by atoms with Gasteiger partial charge >= 0.3 is 0 Å². The van der Waals surface area contributed by atoms with Crippen molar-refractivity contribution in [2.24, 2.45) is 5.92 Å². The van der Waals surface area contributed by atoms with E-state index in [0.29, 0.717) is 6.61 Å². The van der Waals surface area contributed by atoms with Crippen LogP contribution >= 0.6 is 0 Å². The normalized spacial score (nSPS) is 30.9. The van der Waals surface area contributed by atoms with Gasteiger partial charge in [-0.2, -0.15) is 0 Å². The fraction of sp³-hybridized carbons (Fsp3) is 0.611. The van der Waals surface area contributed by atoms with E-state index in [9.17, 15) is 4.79 Å². The lowest BCUT2D eigenvalue weighted by Crippen LogP contribution is -2.61. The van der Waals surface area contributed by atoms with Crippen LogP contribution < -0.4 is 5.32 Å². The lowest BCUT2D eigenvalue weighted by atomic mass is 9.87. The Labute approximate surface area is 138 Å². The van der Waals surface area contributed by atoms with Crippen LogP contribution in [0.15, 0.2) is 30.3 Å². The van der Waals surface area contributed by atoms with Gasteiger partial charge in [-0.15, -0.1) is 0 Å². The molecule has 5 nitrogen and oxygen atoms in total. The average molecular weight is 321 g/mol. The SMILES string of the molecule is CC[C@H]1O[C@@H](OC)[C@H](NC(C)=O)[C@@H](OCc2ccccc2)[C@H]1C. The van der Waals surface area contributed by atoms with Gasteiger partial charge in [0, 0.05) is 20.0 Å². The number of benzene rings is 1. The average Bonchev–Trinajstić information content (AvgIpc) is 2.55. The smallest absolute Gasteiger partial charge is 0.217 e. The molecule has 0 bridgehead atoms. The van der Waals surface area contributed by atoms with Gasteiger partial charge in [0.2, 0.25) is 5.91 Å². The van der Waals surface area contributed by atoms with Crippen LogP contribution in [0.3, 0.4) is 0 Å². The molecule has 1 amide bonds. The number of ether oxygens (including phenoxy) is 3. The van der Waals surface area contributed by atoms with E-state index in [-0.39, 0.29) is 30.1 Å². The van der Waals surface area contributed by atoms with E-state index >= 15 is 0 Å². The molecule has 1 heterocycles. The highest BCUT2D eigenvalue weighted by molar-refractivity contribution is 5.73. The first kappa shape index (κ1) is 17.9. The van der Waals surface area contributed by atoms with Crippen molar-refractivity contribution >= 4 is 5.91 Å². The zero-order valence-corrected chi connectivity index (χ0v) is 14.3. The van der Waals surface area contributed by atoms with E-state index in [1.165, 1.54) is 6.92 Å². The summed E-state index contributed by atoms with van der Waals surface area (Å²) in [6.45, 7) is 6.18. The minimum absolute atomic E-state index is 0.0470. The van der Waals surface area contributed by atoms with Gasteiger partial charge in [0.05, 0.1) is 18.8 Å². The number of hydrogen-bond acceptors (Lipinski definition) is 4. The van der Waals surface area contributed by atoms with Crippen LogP contribution in [0.25, 0.3) is 0 Å². The summed E-state index contributed by atoms with van der Waals surface area (Å²) in [5, 5.41) is 2.93. The number of carbonyl (C=O) groups is 1. The van der Waals surface area contributed by atoms with Crippen molar-refractivity contribution in [1.82, 2.24) is 5.32 Å². The molecule has 0 aliphatic carbocycles. The number of nitrogens with one attached hydrogen (secondary N) is 1. The Kier molecular flexibility index (Phi) is 6.57. The summed E-state index contributed by atoms with van der Waals surface area (Å²) in [6, 6.07) is 9.70. The first-order valence-electron chi connectivity index (χ1n) is 8.17. The van der Waals surface area contributed by atoms with Crippen molar-refractivity contribution in [3.8, 4) is 0 Å². The molecule has 5 heteroatoms. The molecule has 1 aliphatic rings. The largest absolute Gasteiger partial charge is 0.371 e. The topological polar surface area (TPSA) is 56.8 Å². The van der Waals surface area contributed by atoms with Crippen molar-refractivity contribution in [3.63, 3.8) is 0 Å². The van der Waals surface area contributed by atoms with E-state index in [2.05, 4.69) is 19.2 Å². The van der Waals surface area contributed by atoms with Crippen LogP contribution in [-0.4, -0.2) is 37.6 Å². The zero-order valence-electron chi connectivity index (χ0n) is 14.3. The summed E-state index contributed by atoms with van der Waals surface area (Å²) in [4.78, 5) is 11.6. The second-order valence-electron chi connectivity index (χ2n) is 6.03. The summed E-state index contributed by atoms with van der Waals surface area (Å²) in [5.41, 5.74) is 1.11. The molecule has 0 unspecified atom stereocenters. The molecule has 1 saturated heterocycles. The van der Waals surface area contributed by atoms with Crippen molar-refractivity contribution in [2.45, 2.75) is 58.3 Å². The molecule has 2 rings (SSSR count). The number of carbonyl (C=O) groups excluding carboxylic acids is 1. The Hall–Kier alpha value is -1.43. The molecule has 0 aromatic heterocycles. The summed E-state index contributed by atoms with van der Waals surface area (Å²) in [6.07, 6.45) is 0.258. The lowest BCUT2D eigenvalue weighted by Gasteiger charge is -2.45. The van der Waals surface area contributed by atoms with Crippen LogP contribution in [0.5, 0.6) is 0 Å². The first-order valence-corrected chi connectivity index (χ1v) is 8.17. The van der Waals surface area contributed by atoms with Crippen LogP contribution in [0, 0.1) is 5.92 Å². The molecular formula is C18H27NO4. The highest BCUT2D eigenvalue weighted by Crippen LogP contribution is 2.31. The highest BCUT2D eigenvalue weighted by atomic mass is 16.7. The van der Waals surface area contributed by atoms with E-state index < -0.39 is 6.29 Å².